The maximum absolute atomic E-state index is 11.8. The third-order valence-electron chi connectivity index (χ3n) is 2.37. The lowest BCUT2D eigenvalue weighted by Crippen LogP contribution is -2.19. The number of aliphatic hydroxyl groups excluding tert-OH is 1. The van der Waals surface area contributed by atoms with E-state index in [-0.39, 0.29) is 13.2 Å². The lowest BCUT2D eigenvalue weighted by atomic mass is 10.1. The maximum Gasteiger partial charge on any atom is 0.411 e. The SMILES string of the molecule is Cc1ccc(OCCOCC(F)(F)F)c([C@H](C)O)c1. The second-order valence-corrected chi connectivity index (χ2v) is 4.23. The van der Waals surface area contributed by atoms with Gasteiger partial charge in [0.15, 0.2) is 0 Å². The van der Waals surface area contributed by atoms with E-state index in [1.165, 1.54) is 0 Å². The largest absolute Gasteiger partial charge is 0.491 e. The highest BCUT2D eigenvalue weighted by Crippen LogP contribution is 2.26. The summed E-state index contributed by atoms with van der Waals surface area (Å²) in [4.78, 5) is 0. The summed E-state index contributed by atoms with van der Waals surface area (Å²) in [7, 11) is 0. The molecule has 0 saturated carbocycles. The molecular weight excluding hydrogens is 261 g/mol. The smallest absolute Gasteiger partial charge is 0.411 e. The van der Waals surface area contributed by atoms with E-state index in [1.807, 2.05) is 6.92 Å². The van der Waals surface area contributed by atoms with Crippen molar-refractivity contribution >= 4 is 0 Å². The van der Waals surface area contributed by atoms with Crippen molar-refractivity contribution in [3.63, 3.8) is 0 Å². The number of benzene rings is 1. The van der Waals surface area contributed by atoms with Crippen molar-refractivity contribution in [2.24, 2.45) is 0 Å². The van der Waals surface area contributed by atoms with Crippen LogP contribution in [0.4, 0.5) is 13.2 Å². The molecule has 0 spiro atoms. The molecule has 0 amide bonds. The fraction of sp³-hybridized carbons (Fsp3) is 0.538. The molecule has 0 fully saturated rings. The molecule has 0 aliphatic carbocycles. The Morgan fingerprint density at radius 1 is 1.26 bits per heavy atom. The van der Waals surface area contributed by atoms with Gasteiger partial charge in [-0.3, -0.25) is 0 Å². The van der Waals surface area contributed by atoms with Crippen molar-refractivity contribution in [3.8, 4) is 5.75 Å². The number of ether oxygens (including phenoxy) is 2. The van der Waals surface area contributed by atoms with Gasteiger partial charge >= 0.3 is 6.18 Å². The number of rotatable bonds is 6. The Labute approximate surface area is 110 Å². The molecule has 3 nitrogen and oxygen atoms in total. The van der Waals surface area contributed by atoms with Crippen LogP contribution in [0.15, 0.2) is 18.2 Å². The van der Waals surface area contributed by atoms with E-state index >= 15 is 0 Å². The Bertz CT molecular complexity index is 403. The number of hydrogen-bond acceptors (Lipinski definition) is 3. The van der Waals surface area contributed by atoms with Crippen molar-refractivity contribution in [3.05, 3.63) is 29.3 Å². The molecule has 0 bridgehead atoms. The number of halogens is 3. The molecule has 0 heterocycles. The summed E-state index contributed by atoms with van der Waals surface area (Å²) in [6.07, 6.45) is -5.03. The highest BCUT2D eigenvalue weighted by molar-refractivity contribution is 5.38. The van der Waals surface area contributed by atoms with Crippen LogP contribution in [0.25, 0.3) is 0 Å². The third kappa shape index (κ3) is 5.94. The zero-order valence-corrected chi connectivity index (χ0v) is 10.8. The van der Waals surface area contributed by atoms with Crippen LogP contribution in [0.5, 0.6) is 5.75 Å². The van der Waals surface area contributed by atoms with E-state index in [9.17, 15) is 18.3 Å². The second-order valence-electron chi connectivity index (χ2n) is 4.23. The van der Waals surface area contributed by atoms with Gasteiger partial charge in [-0.1, -0.05) is 11.6 Å². The van der Waals surface area contributed by atoms with Crippen molar-refractivity contribution in [1.29, 1.82) is 0 Å². The molecule has 0 aliphatic rings. The quantitative estimate of drug-likeness (QED) is 0.813. The summed E-state index contributed by atoms with van der Waals surface area (Å²) in [5, 5.41) is 9.58. The molecule has 0 aromatic heterocycles. The highest BCUT2D eigenvalue weighted by atomic mass is 19.4. The first-order chi connectivity index (χ1) is 8.79. The van der Waals surface area contributed by atoms with Gasteiger partial charge in [0, 0.05) is 5.56 Å². The van der Waals surface area contributed by atoms with Crippen molar-refractivity contribution in [2.45, 2.75) is 26.1 Å². The fourth-order valence-electron chi connectivity index (χ4n) is 1.52. The lowest BCUT2D eigenvalue weighted by Gasteiger charge is -2.14. The average molecular weight is 278 g/mol. The van der Waals surface area contributed by atoms with E-state index < -0.39 is 18.9 Å². The Morgan fingerprint density at radius 3 is 2.53 bits per heavy atom. The van der Waals surface area contributed by atoms with Gasteiger partial charge in [0.05, 0.1) is 12.7 Å². The first kappa shape index (κ1) is 15.8. The number of aliphatic hydroxyl groups is 1. The summed E-state index contributed by atoms with van der Waals surface area (Å²) < 4.78 is 45.2. The summed E-state index contributed by atoms with van der Waals surface area (Å²) in [5.41, 5.74) is 1.58. The second kappa shape index (κ2) is 6.77. The van der Waals surface area contributed by atoms with Crippen molar-refractivity contribution < 1.29 is 27.8 Å². The molecule has 1 aromatic rings. The van der Waals surface area contributed by atoms with E-state index in [4.69, 9.17) is 4.74 Å². The summed E-state index contributed by atoms with van der Waals surface area (Å²) in [5.74, 6) is 0.455. The Balaban J connectivity index is 2.45. The molecule has 1 atom stereocenters. The van der Waals surface area contributed by atoms with Gasteiger partial charge in [-0.15, -0.1) is 0 Å². The molecule has 1 aromatic carbocycles. The highest BCUT2D eigenvalue weighted by Gasteiger charge is 2.27. The zero-order chi connectivity index (χ0) is 14.5. The van der Waals surface area contributed by atoms with Gasteiger partial charge in [-0.25, -0.2) is 0 Å². The van der Waals surface area contributed by atoms with Crippen molar-refractivity contribution in [1.82, 2.24) is 0 Å². The summed E-state index contributed by atoms with van der Waals surface area (Å²) in [6.45, 7) is 2.03. The van der Waals surface area contributed by atoms with Crippen LogP contribution in [0.1, 0.15) is 24.2 Å². The fourth-order valence-corrected chi connectivity index (χ4v) is 1.52. The van der Waals surface area contributed by atoms with Gasteiger partial charge in [-0.05, 0) is 26.0 Å². The topological polar surface area (TPSA) is 38.7 Å². The van der Waals surface area contributed by atoms with E-state index in [0.29, 0.717) is 11.3 Å². The zero-order valence-electron chi connectivity index (χ0n) is 10.8. The van der Waals surface area contributed by atoms with Crippen LogP contribution < -0.4 is 4.74 Å². The van der Waals surface area contributed by atoms with Crippen LogP contribution >= 0.6 is 0 Å². The van der Waals surface area contributed by atoms with Crippen LogP contribution in [0, 0.1) is 6.92 Å². The molecule has 0 saturated heterocycles. The minimum atomic E-state index is -4.32. The van der Waals surface area contributed by atoms with E-state index in [0.717, 1.165) is 5.56 Å². The molecule has 19 heavy (non-hydrogen) atoms. The van der Waals surface area contributed by atoms with Crippen LogP contribution in [0.3, 0.4) is 0 Å². The van der Waals surface area contributed by atoms with Crippen molar-refractivity contribution in [2.75, 3.05) is 19.8 Å². The Morgan fingerprint density at radius 2 is 1.95 bits per heavy atom. The minimum Gasteiger partial charge on any atom is -0.491 e. The first-order valence-electron chi connectivity index (χ1n) is 5.85. The number of hydrogen-bond donors (Lipinski definition) is 1. The number of aryl methyl sites for hydroxylation is 1. The van der Waals surface area contributed by atoms with Crippen LogP contribution in [0.2, 0.25) is 0 Å². The maximum atomic E-state index is 11.8. The Hall–Kier alpha value is -1.27. The summed E-state index contributed by atoms with van der Waals surface area (Å²) >= 11 is 0. The normalized spacial score (nSPS) is 13.4. The van der Waals surface area contributed by atoms with Gasteiger partial charge < -0.3 is 14.6 Å². The molecule has 0 aliphatic heterocycles. The molecular formula is C13H17F3O3. The van der Waals surface area contributed by atoms with Gasteiger partial charge in [0.1, 0.15) is 19.0 Å². The molecule has 0 unspecified atom stereocenters. The minimum absolute atomic E-state index is 0.00113. The van der Waals surface area contributed by atoms with Crippen LogP contribution in [-0.2, 0) is 4.74 Å². The molecule has 108 valence electrons. The summed E-state index contributed by atoms with van der Waals surface area (Å²) in [6, 6.07) is 5.26. The predicted molar refractivity (Wildman–Crippen MR) is 64.2 cm³/mol. The standard InChI is InChI=1S/C13H17F3O3/c1-9-3-4-12(11(7-9)10(2)17)19-6-5-18-8-13(14,15)16/h3-4,7,10,17H,5-6,8H2,1-2H3/t10-/m0/s1. The van der Waals surface area contributed by atoms with E-state index in [1.54, 1.807) is 25.1 Å². The van der Waals surface area contributed by atoms with Gasteiger partial charge in [0.2, 0.25) is 0 Å². The first-order valence-corrected chi connectivity index (χ1v) is 5.85. The average Bonchev–Trinajstić information content (AvgIpc) is 2.28. The van der Waals surface area contributed by atoms with Gasteiger partial charge in [-0.2, -0.15) is 13.2 Å². The monoisotopic (exact) mass is 278 g/mol. The Kier molecular flexibility index (Phi) is 5.62. The molecule has 0 radical (unpaired) electrons. The predicted octanol–water partition coefficient (Wildman–Crippen LogP) is 3.01. The molecule has 6 heteroatoms. The third-order valence-corrected chi connectivity index (χ3v) is 2.37. The lowest BCUT2D eigenvalue weighted by molar-refractivity contribution is -0.175. The van der Waals surface area contributed by atoms with Crippen LogP contribution in [-0.4, -0.2) is 31.1 Å². The van der Waals surface area contributed by atoms with E-state index in [2.05, 4.69) is 4.74 Å². The molecule has 1 rings (SSSR count). The van der Waals surface area contributed by atoms with Gasteiger partial charge in [0.25, 0.3) is 0 Å². The molecule has 1 N–H and O–H groups in total. The number of alkyl halides is 3.